The highest BCUT2D eigenvalue weighted by Gasteiger charge is 2.22. The molecule has 21 heavy (non-hydrogen) atoms. The van der Waals surface area contributed by atoms with Crippen LogP contribution in [0.2, 0.25) is 0 Å². The number of hydrogen-bond acceptors (Lipinski definition) is 2. The van der Waals surface area contributed by atoms with Gasteiger partial charge < -0.3 is 10.1 Å². The molecule has 2 aromatic rings. The summed E-state index contributed by atoms with van der Waals surface area (Å²) in [5.74, 6) is 0.838. The van der Waals surface area contributed by atoms with Crippen LogP contribution >= 0.6 is 0 Å². The lowest BCUT2D eigenvalue weighted by molar-refractivity contribution is 0.228. The van der Waals surface area contributed by atoms with Crippen LogP contribution in [0, 0.1) is 12.7 Å². The lowest BCUT2D eigenvalue weighted by Gasteiger charge is -2.11. The summed E-state index contributed by atoms with van der Waals surface area (Å²) in [5.41, 5.74) is 3.73. The van der Waals surface area contributed by atoms with Crippen LogP contribution in [0.5, 0.6) is 5.75 Å². The van der Waals surface area contributed by atoms with Gasteiger partial charge in [0.2, 0.25) is 0 Å². The zero-order valence-electron chi connectivity index (χ0n) is 12.2. The van der Waals surface area contributed by atoms with Crippen molar-refractivity contribution in [1.82, 2.24) is 5.32 Å². The van der Waals surface area contributed by atoms with Gasteiger partial charge >= 0.3 is 0 Å². The molecule has 110 valence electrons. The van der Waals surface area contributed by atoms with Crippen LogP contribution in [0.3, 0.4) is 0 Å². The van der Waals surface area contributed by atoms with Crippen molar-refractivity contribution in [3.63, 3.8) is 0 Å². The first kappa shape index (κ1) is 14.1. The second kappa shape index (κ2) is 6.27. The molecule has 2 aromatic carbocycles. The maximum absolute atomic E-state index is 12.8. The summed E-state index contributed by atoms with van der Waals surface area (Å²) < 4.78 is 18.7. The maximum Gasteiger partial charge on any atom is 0.123 e. The predicted molar refractivity (Wildman–Crippen MR) is 82.3 cm³/mol. The van der Waals surface area contributed by atoms with Crippen molar-refractivity contribution in [2.75, 3.05) is 13.1 Å². The first-order valence-electron chi connectivity index (χ1n) is 7.42. The highest BCUT2D eigenvalue weighted by Crippen LogP contribution is 2.29. The van der Waals surface area contributed by atoms with Gasteiger partial charge in [-0.05, 0) is 49.2 Å². The van der Waals surface area contributed by atoms with Crippen LogP contribution in [0.25, 0.3) is 0 Å². The minimum atomic E-state index is -0.181. The topological polar surface area (TPSA) is 21.3 Å². The fourth-order valence-electron chi connectivity index (χ4n) is 2.71. The average Bonchev–Trinajstić information content (AvgIpc) is 2.87. The van der Waals surface area contributed by atoms with Crippen molar-refractivity contribution in [3.8, 4) is 5.75 Å². The Morgan fingerprint density at radius 3 is 2.81 bits per heavy atom. The van der Waals surface area contributed by atoms with E-state index in [2.05, 4.69) is 30.4 Å². The molecule has 0 radical (unpaired) electrons. The lowest BCUT2D eigenvalue weighted by atomic mass is 10.1. The minimum absolute atomic E-state index is 0.181. The largest absolute Gasteiger partial charge is 0.488 e. The third-order valence-electron chi connectivity index (χ3n) is 3.83. The second-order valence-corrected chi connectivity index (χ2v) is 5.64. The van der Waals surface area contributed by atoms with E-state index in [1.165, 1.54) is 23.3 Å². The Kier molecular flexibility index (Phi) is 4.20. The van der Waals surface area contributed by atoms with Crippen molar-refractivity contribution in [3.05, 3.63) is 65.0 Å². The van der Waals surface area contributed by atoms with Gasteiger partial charge in [0.05, 0.1) is 0 Å². The molecular formula is C18H20FNO. The van der Waals surface area contributed by atoms with Crippen molar-refractivity contribution in [2.24, 2.45) is 0 Å². The number of rotatable bonds is 5. The monoisotopic (exact) mass is 285 g/mol. The number of hydrogen-bond donors (Lipinski definition) is 1. The Morgan fingerprint density at radius 2 is 2.00 bits per heavy atom. The Hall–Kier alpha value is -1.87. The summed E-state index contributed by atoms with van der Waals surface area (Å²) in [6.45, 7) is 3.82. The molecule has 1 atom stereocenters. The van der Waals surface area contributed by atoms with Gasteiger partial charge in [0.25, 0.3) is 0 Å². The molecular weight excluding hydrogens is 265 g/mol. The van der Waals surface area contributed by atoms with Gasteiger partial charge in [0.15, 0.2) is 0 Å². The standard InChI is InChI=1S/C18H20FNO/c1-13-2-7-18-15(10-13)11-17(21-18)12-20-9-8-14-3-5-16(19)6-4-14/h2-7,10,17,20H,8-9,11-12H2,1H3. The van der Waals surface area contributed by atoms with Gasteiger partial charge in [0.1, 0.15) is 17.7 Å². The number of ether oxygens (including phenoxy) is 1. The normalized spacial score (nSPS) is 16.6. The van der Waals surface area contributed by atoms with Crippen molar-refractivity contribution < 1.29 is 9.13 Å². The smallest absolute Gasteiger partial charge is 0.123 e. The summed E-state index contributed by atoms with van der Waals surface area (Å²) >= 11 is 0. The van der Waals surface area contributed by atoms with Crippen LogP contribution in [-0.2, 0) is 12.8 Å². The highest BCUT2D eigenvalue weighted by molar-refractivity contribution is 5.40. The molecule has 0 amide bonds. The zero-order chi connectivity index (χ0) is 14.7. The molecule has 0 fully saturated rings. The molecule has 3 heteroatoms. The van der Waals surface area contributed by atoms with E-state index >= 15 is 0 Å². The number of halogens is 1. The summed E-state index contributed by atoms with van der Waals surface area (Å²) in [4.78, 5) is 0. The SMILES string of the molecule is Cc1ccc2c(c1)CC(CNCCc1ccc(F)cc1)O2. The quantitative estimate of drug-likeness (QED) is 0.851. The predicted octanol–water partition coefficient (Wildman–Crippen LogP) is 3.27. The maximum atomic E-state index is 12.8. The summed E-state index contributed by atoms with van der Waals surface area (Å²) in [6.07, 6.45) is 2.09. The highest BCUT2D eigenvalue weighted by atomic mass is 19.1. The van der Waals surface area contributed by atoms with Gasteiger partial charge in [-0.2, -0.15) is 0 Å². The molecule has 0 spiro atoms. The molecule has 1 N–H and O–H groups in total. The molecule has 0 bridgehead atoms. The van der Waals surface area contributed by atoms with Crippen molar-refractivity contribution >= 4 is 0 Å². The van der Waals surface area contributed by atoms with E-state index in [4.69, 9.17) is 4.74 Å². The third-order valence-corrected chi connectivity index (χ3v) is 3.83. The minimum Gasteiger partial charge on any atom is -0.488 e. The third kappa shape index (κ3) is 3.61. The molecule has 1 heterocycles. The first-order chi connectivity index (χ1) is 10.2. The van der Waals surface area contributed by atoms with E-state index in [1.807, 2.05) is 12.1 Å². The first-order valence-corrected chi connectivity index (χ1v) is 7.42. The average molecular weight is 285 g/mol. The molecule has 1 aliphatic rings. The number of aryl methyl sites for hydroxylation is 1. The van der Waals surface area contributed by atoms with E-state index in [1.54, 1.807) is 0 Å². The van der Waals surface area contributed by atoms with Gasteiger partial charge in [0, 0.05) is 13.0 Å². The molecule has 2 nitrogen and oxygen atoms in total. The van der Waals surface area contributed by atoms with Crippen molar-refractivity contribution in [2.45, 2.75) is 25.9 Å². The van der Waals surface area contributed by atoms with Gasteiger partial charge in [-0.3, -0.25) is 0 Å². The Labute approximate surface area is 125 Å². The van der Waals surface area contributed by atoms with Crippen LogP contribution in [0.15, 0.2) is 42.5 Å². The Balaban J connectivity index is 1.42. The van der Waals surface area contributed by atoms with Gasteiger partial charge in [-0.25, -0.2) is 4.39 Å². The molecule has 0 saturated heterocycles. The molecule has 0 aliphatic carbocycles. The van der Waals surface area contributed by atoms with Crippen molar-refractivity contribution in [1.29, 1.82) is 0 Å². The van der Waals surface area contributed by atoms with Crippen LogP contribution in [0.4, 0.5) is 4.39 Å². The molecule has 1 aliphatic heterocycles. The van der Waals surface area contributed by atoms with Gasteiger partial charge in [-0.1, -0.05) is 29.8 Å². The van der Waals surface area contributed by atoms with Crippen LogP contribution < -0.4 is 10.1 Å². The second-order valence-electron chi connectivity index (χ2n) is 5.64. The van der Waals surface area contributed by atoms with E-state index in [9.17, 15) is 4.39 Å². The summed E-state index contributed by atoms with van der Waals surface area (Å²) in [5, 5.41) is 3.42. The van der Waals surface area contributed by atoms with Gasteiger partial charge in [-0.15, -0.1) is 0 Å². The lowest BCUT2D eigenvalue weighted by Crippen LogP contribution is -2.31. The fourth-order valence-corrected chi connectivity index (χ4v) is 2.71. The van der Waals surface area contributed by atoms with Crippen LogP contribution in [-0.4, -0.2) is 19.2 Å². The van der Waals surface area contributed by atoms with E-state index in [0.29, 0.717) is 0 Å². The zero-order valence-corrected chi connectivity index (χ0v) is 12.2. The van der Waals surface area contributed by atoms with E-state index in [-0.39, 0.29) is 11.9 Å². The summed E-state index contributed by atoms with van der Waals surface area (Å²) in [6, 6.07) is 13.0. The molecule has 3 rings (SSSR count). The molecule has 1 unspecified atom stereocenters. The van der Waals surface area contributed by atoms with Crippen LogP contribution in [0.1, 0.15) is 16.7 Å². The van der Waals surface area contributed by atoms with E-state index in [0.717, 1.165) is 37.2 Å². The number of benzene rings is 2. The molecule has 0 aromatic heterocycles. The Morgan fingerprint density at radius 1 is 1.19 bits per heavy atom. The summed E-state index contributed by atoms with van der Waals surface area (Å²) in [7, 11) is 0. The number of fused-ring (bicyclic) bond motifs is 1. The fraction of sp³-hybridized carbons (Fsp3) is 0.333. The number of nitrogens with one attached hydrogen (secondary N) is 1. The molecule has 0 saturated carbocycles. The van der Waals surface area contributed by atoms with E-state index < -0.39 is 0 Å². The Bertz CT molecular complexity index is 609.